The van der Waals surface area contributed by atoms with Gasteiger partial charge < -0.3 is 4.90 Å². The van der Waals surface area contributed by atoms with Crippen LogP contribution in [0.3, 0.4) is 0 Å². The lowest BCUT2D eigenvalue weighted by molar-refractivity contribution is 0.0559. The second kappa shape index (κ2) is 7.14. The monoisotopic (exact) mass is 364 g/mol. The third-order valence-corrected chi connectivity index (χ3v) is 5.02. The van der Waals surface area contributed by atoms with E-state index in [1.807, 2.05) is 23.1 Å². The van der Waals surface area contributed by atoms with Gasteiger partial charge in [-0.3, -0.25) is 14.3 Å². The van der Waals surface area contributed by atoms with Crippen molar-refractivity contribution in [3.05, 3.63) is 60.2 Å². The minimum absolute atomic E-state index is 0.0499. The number of aromatic nitrogens is 5. The number of likely N-dealkylation sites (tertiary alicyclic amines) is 1. The summed E-state index contributed by atoms with van der Waals surface area (Å²) in [5.41, 5.74) is 1.76. The smallest absolute Gasteiger partial charge is 0.256 e. The SMILES string of the molecule is C[C@@H]1CC[C@@H](n2cc(C=O)cn2)CN1C(=O)c1ccccc1-n1nccn1. The van der Waals surface area contributed by atoms with Gasteiger partial charge in [0, 0.05) is 18.8 Å². The Kier molecular flexibility index (Phi) is 4.53. The maximum absolute atomic E-state index is 13.3. The number of carbonyl (C=O) groups excluding carboxylic acids is 2. The Balaban J connectivity index is 1.62. The van der Waals surface area contributed by atoms with Crippen molar-refractivity contribution in [3.8, 4) is 5.69 Å². The summed E-state index contributed by atoms with van der Waals surface area (Å²) in [6.45, 7) is 2.60. The first-order valence-corrected chi connectivity index (χ1v) is 8.93. The maximum Gasteiger partial charge on any atom is 0.256 e. The van der Waals surface area contributed by atoms with E-state index in [1.54, 1.807) is 35.5 Å². The molecular formula is C19H20N6O2. The molecule has 2 atom stereocenters. The summed E-state index contributed by atoms with van der Waals surface area (Å²) >= 11 is 0. The molecule has 3 aromatic rings. The zero-order chi connectivity index (χ0) is 18.8. The predicted octanol–water partition coefficient (Wildman–Crippen LogP) is 2.14. The van der Waals surface area contributed by atoms with Crippen LogP contribution in [-0.4, -0.2) is 54.5 Å². The zero-order valence-electron chi connectivity index (χ0n) is 15.0. The zero-order valence-corrected chi connectivity index (χ0v) is 15.0. The number of hydrogen-bond acceptors (Lipinski definition) is 5. The van der Waals surface area contributed by atoms with Crippen molar-refractivity contribution in [1.82, 2.24) is 29.7 Å². The molecule has 3 heterocycles. The highest BCUT2D eigenvalue weighted by atomic mass is 16.2. The molecule has 0 saturated carbocycles. The first-order chi connectivity index (χ1) is 13.2. The molecule has 1 saturated heterocycles. The molecule has 1 aliphatic rings. The van der Waals surface area contributed by atoms with Crippen LogP contribution in [0.4, 0.5) is 0 Å². The predicted molar refractivity (Wildman–Crippen MR) is 97.7 cm³/mol. The summed E-state index contributed by atoms with van der Waals surface area (Å²) in [4.78, 5) is 27.6. The van der Waals surface area contributed by atoms with E-state index in [1.165, 1.54) is 4.80 Å². The topological polar surface area (TPSA) is 85.9 Å². The van der Waals surface area contributed by atoms with Crippen molar-refractivity contribution < 1.29 is 9.59 Å². The van der Waals surface area contributed by atoms with Gasteiger partial charge in [0.1, 0.15) is 0 Å². The van der Waals surface area contributed by atoms with Gasteiger partial charge in [0.25, 0.3) is 5.91 Å². The molecule has 0 bridgehead atoms. The van der Waals surface area contributed by atoms with Crippen LogP contribution in [0.15, 0.2) is 49.1 Å². The van der Waals surface area contributed by atoms with E-state index in [0.29, 0.717) is 23.4 Å². The molecule has 0 N–H and O–H groups in total. The first-order valence-electron chi connectivity index (χ1n) is 8.93. The van der Waals surface area contributed by atoms with Gasteiger partial charge in [0.2, 0.25) is 0 Å². The fourth-order valence-electron chi connectivity index (χ4n) is 3.52. The van der Waals surface area contributed by atoms with Crippen LogP contribution in [-0.2, 0) is 0 Å². The van der Waals surface area contributed by atoms with Gasteiger partial charge in [-0.05, 0) is 31.9 Å². The number of rotatable bonds is 4. The number of hydrogen-bond donors (Lipinski definition) is 0. The standard InChI is InChI=1S/C19H20N6O2/c1-14-6-7-16(24-11-15(13-26)10-22-24)12-23(14)19(27)17-4-2-3-5-18(17)25-20-8-9-21-25/h2-5,8-11,13-14,16H,6-7,12H2,1H3/t14-,16-/m1/s1. The van der Waals surface area contributed by atoms with Crippen molar-refractivity contribution in [2.45, 2.75) is 31.8 Å². The van der Waals surface area contributed by atoms with Gasteiger partial charge in [-0.1, -0.05) is 12.1 Å². The number of aldehydes is 1. The van der Waals surface area contributed by atoms with E-state index in [9.17, 15) is 9.59 Å². The Morgan fingerprint density at radius 1 is 1.15 bits per heavy atom. The summed E-state index contributed by atoms with van der Waals surface area (Å²) in [6.07, 6.45) is 9.02. The van der Waals surface area contributed by atoms with Crippen molar-refractivity contribution >= 4 is 12.2 Å². The lowest BCUT2D eigenvalue weighted by atomic mass is 9.98. The van der Waals surface area contributed by atoms with Crippen LogP contribution >= 0.6 is 0 Å². The normalized spacial score (nSPS) is 19.8. The van der Waals surface area contributed by atoms with Gasteiger partial charge in [-0.15, -0.1) is 0 Å². The van der Waals surface area contributed by atoms with Crippen molar-refractivity contribution in [1.29, 1.82) is 0 Å². The minimum atomic E-state index is -0.0529. The largest absolute Gasteiger partial charge is 0.334 e. The summed E-state index contributed by atoms with van der Waals surface area (Å²) in [6, 6.07) is 7.51. The number of para-hydroxylation sites is 1. The second-order valence-electron chi connectivity index (χ2n) is 6.74. The maximum atomic E-state index is 13.3. The molecule has 1 aromatic carbocycles. The summed E-state index contributed by atoms with van der Waals surface area (Å²) in [5, 5.41) is 12.6. The van der Waals surface area contributed by atoms with E-state index in [2.05, 4.69) is 22.2 Å². The van der Waals surface area contributed by atoms with E-state index in [4.69, 9.17) is 0 Å². The molecule has 2 aromatic heterocycles. The minimum Gasteiger partial charge on any atom is -0.334 e. The van der Waals surface area contributed by atoms with E-state index < -0.39 is 0 Å². The third-order valence-electron chi connectivity index (χ3n) is 5.02. The van der Waals surface area contributed by atoms with E-state index >= 15 is 0 Å². The average Bonchev–Trinajstić information content (AvgIpc) is 3.40. The second-order valence-corrected chi connectivity index (χ2v) is 6.74. The molecule has 27 heavy (non-hydrogen) atoms. The molecule has 8 heteroatoms. The molecule has 8 nitrogen and oxygen atoms in total. The summed E-state index contributed by atoms with van der Waals surface area (Å²) in [7, 11) is 0. The van der Waals surface area contributed by atoms with Crippen LogP contribution in [0.25, 0.3) is 5.69 Å². The fourth-order valence-corrected chi connectivity index (χ4v) is 3.52. The van der Waals surface area contributed by atoms with Crippen LogP contribution in [0, 0.1) is 0 Å². The van der Waals surface area contributed by atoms with Crippen molar-refractivity contribution in [2.75, 3.05) is 6.54 Å². The van der Waals surface area contributed by atoms with Gasteiger partial charge in [-0.2, -0.15) is 20.1 Å². The fraction of sp³-hybridized carbons (Fsp3) is 0.316. The highest BCUT2D eigenvalue weighted by Gasteiger charge is 2.32. The number of carbonyl (C=O) groups is 2. The van der Waals surface area contributed by atoms with Crippen LogP contribution in [0.2, 0.25) is 0 Å². The Morgan fingerprint density at radius 3 is 2.67 bits per heavy atom. The lowest BCUT2D eigenvalue weighted by Crippen LogP contribution is -2.46. The number of benzene rings is 1. The molecule has 0 spiro atoms. The highest BCUT2D eigenvalue weighted by molar-refractivity contribution is 5.98. The van der Waals surface area contributed by atoms with Crippen LogP contribution in [0.5, 0.6) is 0 Å². The lowest BCUT2D eigenvalue weighted by Gasteiger charge is -2.38. The van der Waals surface area contributed by atoms with Gasteiger partial charge in [0.05, 0.1) is 41.4 Å². The average molecular weight is 364 g/mol. The first kappa shape index (κ1) is 17.1. The summed E-state index contributed by atoms with van der Waals surface area (Å²) in [5.74, 6) is -0.0529. The number of piperidine rings is 1. The molecule has 0 unspecified atom stereocenters. The quantitative estimate of drug-likeness (QED) is 0.662. The van der Waals surface area contributed by atoms with Gasteiger partial charge in [-0.25, -0.2) is 0 Å². The van der Waals surface area contributed by atoms with Crippen molar-refractivity contribution in [2.24, 2.45) is 0 Å². The van der Waals surface area contributed by atoms with Gasteiger partial charge in [0.15, 0.2) is 6.29 Å². The molecule has 0 radical (unpaired) electrons. The van der Waals surface area contributed by atoms with Crippen LogP contribution < -0.4 is 0 Å². The molecule has 4 rings (SSSR count). The Bertz CT molecular complexity index is 949. The third kappa shape index (κ3) is 3.25. The number of nitrogens with zero attached hydrogens (tertiary/aromatic N) is 6. The highest BCUT2D eigenvalue weighted by Crippen LogP contribution is 2.28. The van der Waals surface area contributed by atoms with Gasteiger partial charge >= 0.3 is 0 Å². The van der Waals surface area contributed by atoms with Crippen molar-refractivity contribution in [3.63, 3.8) is 0 Å². The summed E-state index contributed by atoms with van der Waals surface area (Å²) < 4.78 is 1.79. The molecule has 138 valence electrons. The number of amides is 1. The Morgan fingerprint density at radius 2 is 1.93 bits per heavy atom. The molecule has 1 amide bonds. The molecule has 1 fully saturated rings. The van der Waals surface area contributed by atoms with E-state index in [0.717, 1.165) is 19.1 Å². The molecule has 0 aliphatic carbocycles. The van der Waals surface area contributed by atoms with E-state index in [-0.39, 0.29) is 18.0 Å². The Labute approximate surface area is 156 Å². The molecular weight excluding hydrogens is 344 g/mol. The van der Waals surface area contributed by atoms with Crippen LogP contribution in [0.1, 0.15) is 46.5 Å². The molecule has 1 aliphatic heterocycles. The Hall–Kier alpha value is -3.29.